The van der Waals surface area contributed by atoms with Crippen molar-refractivity contribution in [1.29, 1.82) is 0 Å². The average Bonchev–Trinajstić information content (AvgIpc) is 3.22. The molecule has 158 valence electrons. The maximum atomic E-state index is 13.2. The Labute approximate surface area is 177 Å². The van der Waals surface area contributed by atoms with E-state index in [1.807, 2.05) is 0 Å². The minimum atomic E-state index is -3.37. The van der Waals surface area contributed by atoms with Crippen molar-refractivity contribution in [3.63, 3.8) is 0 Å². The summed E-state index contributed by atoms with van der Waals surface area (Å²) in [6.07, 6.45) is 6.01. The highest BCUT2D eigenvalue weighted by molar-refractivity contribution is 7.91. The summed E-state index contributed by atoms with van der Waals surface area (Å²) in [5, 5.41) is 7.69. The molecule has 0 fully saturated rings. The number of carbonyl (C=O) groups is 1. The van der Waals surface area contributed by atoms with Gasteiger partial charge in [0.2, 0.25) is 0 Å². The Morgan fingerprint density at radius 2 is 1.84 bits per heavy atom. The van der Waals surface area contributed by atoms with Crippen molar-refractivity contribution in [2.75, 3.05) is 5.75 Å². The molecule has 3 aromatic heterocycles. The molecule has 0 saturated heterocycles. The first kappa shape index (κ1) is 20.6. The Morgan fingerprint density at radius 3 is 2.52 bits per heavy atom. The largest absolute Gasteiger partial charge is 0.348 e. The number of pyridine rings is 2. The van der Waals surface area contributed by atoms with Crippen LogP contribution in [0.3, 0.4) is 0 Å². The summed E-state index contributed by atoms with van der Waals surface area (Å²) in [4.78, 5) is 20.9. The highest BCUT2D eigenvalue weighted by Gasteiger charge is 2.16. The molecule has 1 aromatic carbocycles. The lowest BCUT2D eigenvalue weighted by Gasteiger charge is -2.08. The predicted molar refractivity (Wildman–Crippen MR) is 112 cm³/mol. The lowest BCUT2D eigenvalue weighted by atomic mass is 10.1. The van der Waals surface area contributed by atoms with E-state index in [1.165, 1.54) is 30.6 Å². The molecule has 10 heteroatoms. The quantitative estimate of drug-likeness (QED) is 0.495. The van der Waals surface area contributed by atoms with Gasteiger partial charge >= 0.3 is 0 Å². The van der Waals surface area contributed by atoms with E-state index in [1.54, 1.807) is 42.2 Å². The number of halogens is 1. The van der Waals surface area contributed by atoms with Crippen molar-refractivity contribution in [1.82, 2.24) is 25.1 Å². The molecule has 0 radical (unpaired) electrons. The van der Waals surface area contributed by atoms with Gasteiger partial charge in [0.25, 0.3) is 5.91 Å². The molecule has 0 unspecified atom stereocenters. The van der Waals surface area contributed by atoms with Gasteiger partial charge in [0.1, 0.15) is 5.82 Å². The summed E-state index contributed by atoms with van der Waals surface area (Å²) < 4.78 is 38.5. The van der Waals surface area contributed by atoms with Crippen molar-refractivity contribution in [2.24, 2.45) is 0 Å². The number of amides is 1. The predicted octanol–water partition coefficient (Wildman–Crippen LogP) is 2.68. The lowest BCUT2D eigenvalue weighted by Crippen LogP contribution is -2.23. The lowest BCUT2D eigenvalue weighted by molar-refractivity contribution is 0.0952. The van der Waals surface area contributed by atoms with Gasteiger partial charge in [-0.15, -0.1) is 0 Å². The van der Waals surface area contributed by atoms with Gasteiger partial charge in [-0.2, -0.15) is 5.10 Å². The van der Waals surface area contributed by atoms with Gasteiger partial charge in [-0.25, -0.2) is 22.5 Å². The van der Waals surface area contributed by atoms with Crippen LogP contribution in [0.1, 0.15) is 22.8 Å². The monoisotopic (exact) mass is 439 g/mol. The molecule has 8 nitrogen and oxygen atoms in total. The SMILES string of the molecule is CCS(=O)(=O)c1ccc(CNC(=O)c2cncc3c2cnn3-c2ccc(F)cc2)cn1. The maximum Gasteiger partial charge on any atom is 0.253 e. The van der Waals surface area contributed by atoms with Crippen LogP contribution in [0.15, 0.2) is 66.2 Å². The zero-order valence-electron chi connectivity index (χ0n) is 16.5. The minimum absolute atomic E-state index is 0.00671. The fraction of sp³-hybridized carbons (Fsp3) is 0.143. The van der Waals surface area contributed by atoms with Gasteiger partial charge in [0.05, 0.1) is 34.9 Å². The van der Waals surface area contributed by atoms with Crippen molar-refractivity contribution < 1.29 is 17.6 Å². The summed E-state index contributed by atoms with van der Waals surface area (Å²) in [6, 6.07) is 8.88. The number of sulfone groups is 1. The third-order valence-electron chi connectivity index (χ3n) is 4.76. The summed E-state index contributed by atoms with van der Waals surface area (Å²) >= 11 is 0. The highest BCUT2D eigenvalue weighted by Crippen LogP contribution is 2.21. The highest BCUT2D eigenvalue weighted by atomic mass is 32.2. The number of carbonyl (C=O) groups excluding carboxylic acids is 1. The third kappa shape index (κ3) is 4.15. The maximum absolute atomic E-state index is 13.2. The van der Waals surface area contributed by atoms with Crippen LogP contribution in [0.2, 0.25) is 0 Å². The molecule has 0 saturated carbocycles. The van der Waals surface area contributed by atoms with E-state index in [0.717, 1.165) is 0 Å². The van der Waals surface area contributed by atoms with Crippen LogP contribution >= 0.6 is 0 Å². The molecule has 0 aliphatic heterocycles. The molecule has 31 heavy (non-hydrogen) atoms. The summed E-state index contributed by atoms with van der Waals surface area (Å²) in [7, 11) is -3.37. The number of hydrogen-bond donors (Lipinski definition) is 1. The van der Waals surface area contributed by atoms with Crippen LogP contribution in [-0.4, -0.2) is 39.8 Å². The zero-order valence-corrected chi connectivity index (χ0v) is 17.3. The number of nitrogens with one attached hydrogen (secondary N) is 1. The summed E-state index contributed by atoms with van der Waals surface area (Å²) in [5.41, 5.74) is 2.24. The summed E-state index contributed by atoms with van der Waals surface area (Å²) in [6.45, 7) is 1.72. The number of benzene rings is 1. The topological polar surface area (TPSA) is 107 Å². The molecule has 4 aromatic rings. The molecule has 0 bridgehead atoms. The van der Waals surface area contributed by atoms with Gasteiger partial charge in [-0.3, -0.25) is 9.78 Å². The van der Waals surface area contributed by atoms with Crippen molar-refractivity contribution in [3.8, 4) is 5.69 Å². The van der Waals surface area contributed by atoms with E-state index >= 15 is 0 Å². The fourth-order valence-electron chi connectivity index (χ4n) is 3.04. The molecule has 1 N–H and O–H groups in total. The van der Waals surface area contributed by atoms with Crippen LogP contribution in [0, 0.1) is 5.82 Å². The Balaban J connectivity index is 1.54. The van der Waals surface area contributed by atoms with Gasteiger partial charge in [-0.05, 0) is 35.9 Å². The van der Waals surface area contributed by atoms with E-state index < -0.39 is 9.84 Å². The standard InChI is InChI=1S/C21H18FN5O3S/c1-2-31(29,30)20-8-3-14(9-24-20)10-25-21(28)18-11-23-13-19-17(18)12-26-27(19)16-6-4-15(22)5-7-16/h3-9,11-13H,2,10H2,1H3,(H,25,28). The molecule has 3 heterocycles. The number of hydrogen-bond acceptors (Lipinski definition) is 6. The second-order valence-corrected chi connectivity index (χ2v) is 8.97. The molecule has 4 rings (SSSR count). The second-order valence-electron chi connectivity index (χ2n) is 6.74. The van der Waals surface area contributed by atoms with Crippen molar-refractivity contribution >= 4 is 26.6 Å². The molecule has 0 atom stereocenters. The first-order valence-corrected chi connectivity index (χ1v) is 11.1. The number of rotatable bonds is 6. The second kappa shape index (κ2) is 8.23. The van der Waals surface area contributed by atoms with Crippen LogP contribution in [-0.2, 0) is 16.4 Å². The van der Waals surface area contributed by atoms with Crippen LogP contribution in [0.4, 0.5) is 4.39 Å². The van der Waals surface area contributed by atoms with Crippen molar-refractivity contribution in [2.45, 2.75) is 18.5 Å². The van der Waals surface area contributed by atoms with E-state index in [9.17, 15) is 17.6 Å². The van der Waals surface area contributed by atoms with E-state index in [2.05, 4.69) is 20.4 Å². The zero-order chi connectivity index (χ0) is 22.0. The smallest absolute Gasteiger partial charge is 0.253 e. The fourth-order valence-corrected chi connectivity index (χ4v) is 3.82. The third-order valence-corrected chi connectivity index (χ3v) is 6.40. The van der Waals surface area contributed by atoms with Gasteiger partial charge in [0, 0.05) is 24.3 Å². The number of aromatic nitrogens is 4. The van der Waals surface area contributed by atoms with E-state index in [4.69, 9.17) is 0 Å². The van der Waals surface area contributed by atoms with Gasteiger partial charge in [-0.1, -0.05) is 13.0 Å². The Bertz CT molecular complexity index is 1350. The van der Waals surface area contributed by atoms with E-state index in [-0.39, 0.29) is 29.0 Å². The molecule has 0 aliphatic carbocycles. The van der Waals surface area contributed by atoms with E-state index in [0.29, 0.717) is 27.7 Å². The number of fused-ring (bicyclic) bond motifs is 1. The van der Waals surface area contributed by atoms with Gasteiger partial charge < -0.3 is 5.32 Å². The van der Waals surface area contributed by atoms with Crippen LogP contribution < -0.4 is 5.32 Å². The Kier molecular flexibility index (Phi) is 5.47. The number of nitrogens with zero attached hydrogens (tertiary/aromatic N) is 4. The average molecular weight is 439 g/mol. The Hall–Kier alpha value is -3.66. The molecular weight excluding hydrogens is 421 g/mol. The normalized spacial score (nSPS) is 11.5. The van der Waals surface area contributed by atoms with Crippen molar-refractivity contribution in [3.05, 3.63) is 78.1 Å². The first-order valence-electron chi connectivity index (χ1n) is 9.42. The van der Waals surface area contributed by atoms with Gasteiger partial charge in [0.15, 0.2) is 14.9 Å². The Morgan fingerprint density at radius 1 is 1.06 bits per heavy atom. The minimum Gasteiger partial charge on any atom is -0.348 e. The molecule has 0 spiro atoms. The first-order chi connectivity index (χ1) is 14.9. The van der Waals surface area contributed by atoms with Crippen LogP contribution in [0.5, 0.6) is 0 Å². The summed E-state index contributed by atoms with van der Waals surface area (Å²) in [5.74, 6) is -0.742. The molecule has 1 amide bonds. The molecular formula is C21H18FN5O3S. The molecule has 0 aliphatic rings. The van der Waals surface area contributed by atoms with Crippen LogP contribution in [0.25, 0.3) is 16.6 Å².